The van der Waals surface area contributed by atoms with Crippen LogP contribution in [0.1, 0.15) is 63.5 Å². The molecule has 1 aromatic rings. The van der Waals surface area contributed by atoms with Crippen LogP contribution >= 0.6 is 0 Å². The number of hydrogen-bond donors (Lipinski definition) is 2. The van der Waals surface area contributed by atoms with Crippen molar-refractivity contribution in [2.75, 3.05) is 13.6 Å². The van der Waals surface area contributed by atoms with Crippen LogP contribution in [0.3, 0.4) is 0 Å². The Labute approximate surface area is 213 Å². The maximum absolute atomic E-state index is 14.1. The van der Waals surface area contributed by atoms with E-state index in [4.69, 9.17) is 4.42 Å². The number of carbonyl (C=O) groups excluding carboxylic acids is 2. The molecule has 36 heavy (non-hydrogen) atoms. The molecule has 0 bridgehead atoms. The number of aromatic nitrogens is 1. The molecule has 0 spiro atoms. The molecule has 2 aliphatic carbocycles. The van der Waals surface area contributed by atoms with Gasteiger partial charge in [0.2, 0.25) is 11.8 Å². The maximum Gasteiger partial charge on any atom is 0.245 e. The van der Waals surface area contributed by atoms with Crippen molar-refractivity contribution >= 4 is 11.8 Å². The highest BCUT2D eigenvalue weighted by molar-refractivity contribution is 5.90. The van der Waals surface area contributed by atoms with E-state index in [1.807, 2.05) is 36.1 Å². The number of amides is 2. The van der Waals surface area contributed by atoms with Crippen LogP contribution in [0.5, 0.6) is 0 Å². The Balaban J connectivity index is 1.45. The zero-order valence-corrected chi connectivity index (χ0v) is 21.2. The second-order valence-corrected chi connectivity index (χ2v) is 10.2. The van der Waals surface area contributed by atoms with Crippen molar-refractivity contribution in [2.24, 2.45) is 5.92 Å². The topological polar surface area (TPSA) is 87.5 Å². The fourth-order valence-corrected chi connectivity index (χ4v) is 5.80. The van der Waals surface area contributed by atoms with Gasteiger partial charge in [0.05, 0.1) is 18.3 Å². The van der Waals surface area contributed by atoms with Gasteiger partial charge in [-0.05, 0) is 63.3 Å². The summed E-state index contributed by atoms with van der Waals surface area (Å²) in [5.41, 5.74) is 3.92. The van der Waals surface area contributed by atoms with Gasteiger partial charge >= 0.3 is 0 Å². The molecule has 4 aliphatic rings. The fourth-order valence-electron chi connectivity index (χ4n) is 5.80. The van der Waals surface area contributed by atoms with Gasteiger partial charge in [-0.3, -0.25) is 14.6 Å². The van der Waals surface area contributed by atoms with Crippen LogP contribution in [0.15, 0.2) is 53.3 Å². The number of likely N-dealkylation sites (tertiary alicyclic amines) is 1. The molecule has 2 aliphatic heterocycles. The van der Waals surface area contributed by atoms with E-state index < -0.39 is 6.04 Å². The zero-order valence-electron chi connectivity index (χ0n) is 21.2. The summed E-state index contributed by atoms with van der Waals surface area (Å²) in [6.45, 7) is 2.50. The Bertz CT molecular complexity index is 1170. The predicted octanol–water partition coefficient (Wildman–Crippen LogP) is 4.78. The van der Waals surface area contributed by atoms with E-state index in [1.165, 1.54) is 6.42 Å². The third-order valence-corrected chi connectivity index (χ3v) is 7.96. The molecule has 7 nitrogen and oxygen atoms in total. The Morgan fingerprint density at radius 3 is 2.67 bits per heavy atom. The second-order valence-electron chi connectivity index (χ2n) is 10.2. The fraction of sp³-hybridized carbons (Fsp3) is 0.483. The monoisotopic (exact) mass is 488 g/mol. The molecular formula is C29H36N4O3. The lowest BCUT2D eigenvalue weighted by Gasteiger charge is -2.35. The summed E-state index contributed by atoms with van der Waals surface area (Å²) < 4.78 is 5.98. The van der Waals surface area contributed by atoms with E-state index in [1.54, 1.807) is 19.5 Å². The van der Waals surface area contributed by atoms with Crippen molar-refractivity contribution in [3.05, 3.63) is 54.4 Å². The highest BCUT2D eigenvalue weighted by Crippen LogP contribution is 2.39. The molecule has 0 aromatic carbocycles. The van der Waals surface area contributed by atoms with Crippen LogP contribution in [-0.2, 0) is 9.59 Å². The Morgan fingerprint density at radius 1 is 1.06 bits per heavy atom. The summed E-state index contributed by atoms with van der Waals surface area (Å²) in [6.07, 6.45) is 10.7. The largest absolute Gasteiger partial charge is 0.462 e. The predicted molar refractivity (Wildman–Crippen MR) is 139 cm³/mol. The van der Waals surface area contributed by atoms with Gasteiger partial charge < -0.3 is 20.0 Å². The molecular weight excluding hydrogens is 452 g/mol. The van der Waals surface area contributed by atoms with Crippen molar-refractivity contribution in [3.63, 3.8) is 0 Å². The van der Waals surface area contributed by atoms with E-state index >= 15 is 0 Å². The average Bonchev–Trinajstić information content (AvgIpc) is 3.60. The van der Waals surface area contributed by atoms with Crippen molar-refractivity contribution < 1.29 is 14.0 Å². The summed E-state index contributed by atoms with van der Waals surface area (Å²) in [6, 6.07) is 11.1. The molecule has 7 heteroatoms. The van der Waals surface area contributed by atoms with Crippen LogP contribution in [-0.4, -0.2) is 47.4 Å². The lowest BCUT2D eigenvalue weighted by atomic mass is 9.83. The maximum atomic E-state index is 14.1. The Morgan fingerprint density at radius 2 is 1.86 bits per heavy atom. The molecule has 5 rings (SSSR count). The quantitative estimate of drug-likeness (QED) is 0.500. The highest BCUT2D eigenvalue weighted by Gasteiger charge is 2.40. The number of likely N-dealkylation sites (N-methyl/N-ethyl adjacent to an activating group) is 1. The van der Waals surface area contributed by atoms with Gasteiger partial charge in [-0.1, -0.05) is 43.5 Å². The van der Waals surface area contributed by atoms with Gasteiger partial charge in [-0.15, -0.1) is 0 Å². The summed E-state index contributed by atoms with van der Waals surface area (Å²) in [5.74, 6) is 0.771. The van der Waals surface area contributed by atoms with E-state index in [0.717, 1.165) is 60.9 Å². The van der Waals surface area contributed by atoms with E-state index in [0.29, 0.717) is 12.3 Å². The van der Waals surface area contributed by atoms with Gasteiger partial charge in [-0.2, -0.15) is 0 Å². The minimum absolute atomic E-state index is 0.0271. The lowest BCUT2D eigenvalue weighted by Crippen LogP contribution is -2.55. The van der Waals surface area contributed by atoms with Crippen molar-refractivity contribution in [3.8, 4) is 22.6 Å². The first-order chi connectivity index (χ1) is 17.6. The molecule has 1 saturated carbocycles. The first-order valence-electron chi connectivity index (χ1n) is 13.3. The summed E-state index contributed by atoms with van der Waals surface area (Å²) in [5, 5.41) is 6.12. The van der Waals surface area contributed by atoms with Crippen LogP contribution < -0.4 is 10.6 Å². The third kappa shape index (κ3) is 4.89. The zero-order chi connectivity index (χ0) is 25.1. The number of fused-ring (bicyclic) bond motifs is 1. The number of hydrogen-bond acceptors (Lipinski definition) is 5. The van der Waals surface area contributed by atoms with Crippen molar-refractivity contribution in [2.45, 2.75) is 70.0 Å². The Hall–Kier alpha value is -3.19. The van der Waals surface area contributed by atoms with E-state index in [-0.39, 0.29) is 29.8 Å². The van der Waals surface area contributed by atoms with Crippen molar-refractivity contribution in [1.82, 2.24) is 20.5 Å². The molecule has 190 valence electrons. The molecule has 2 amide bonds. The summed E-state index contributed by atoms with van der Waals surface area (Å²) >= 11 is 0. The van der Waals surface area contributed by atoms with Crippen LogP contribution in [0.2, 0.25) is 0 Å². The van der Waals surface area contributed by atoms with Gasteiger partial charge in [-0.25, -0.2) is 0 Å². The first kappa shape index (κ1) is 24.5. The average molecular weight is 489 g/mol. The minimum atomic E-state index is -0.500. The molecule has 1 aromatic heterocycles. The van der Waals surface area contributed by atoms with E-state index in [9.17, 15) is 9.59 Å². The number of rotatable bonds is 7. The van der Waals surface area contributed by atoms with Crippen LogP contribution in [0, 0.1) is 5.92 Å². The number of carbonyl (C=O) groups is 2. The first-order valence-corrected chi connectivity index (χ1v) is 13.3. The van der Waals surface area contributed by atoms with Gasteiger partial charge in [0, 0.05) is 23.9 Å². The summed E-state index contributed by atoms with van der Waals surface area (Å²) in [7, 11) is 1.76. The molecule has 1 saturated heterocycles. The van der Waals surface area contributed by atoms with Gasteiger partial charge in [0.1, 0.15) is 11.7 Å². The molecule has 0 unspecified atom stereocenters. The SMILES string of the molecule is CN[C@@H](C)C(=O)N[C@H](C(=O)N1CCC[C@H]1c1cccnc1-c1cc2cccc-2co1)C1CCCCC1. The Kier molecular flexibility index (Phi) is 7.37. The normalized spacial score (nSPS) is 20.4. The second kappa shape index (κ2) is 10.8. The van der Waals surface area contributed by atoms with Gasteiger partial charge in [0.15, 0.2) is 5.76 Å². The molecule has 0 radical (unpaired) electrons. The number of nitrogens with one attached hydrogen (secondary N) is 2. The number of nitrogens with zero attached hydrogens (tertiary/aromatic N) is 2. The van der Waals surface area contributed by atoms with Crippen molar-refractivity contribution in [1.29, 1.82) is 0 Å². The van der Waals surface area contributed by atoms with Gasteiger partial charge in [0.25, 0.3) is 0 Å². The molecule has 3 atom stereocenters. The molecule has 3 heterocycles. The highest BCUT2D eigenvalue weighted by atomic mass is 16.3. The number of pyridine rings is 1. The minimum Gasteiger partial charge on any atom is -0.462 e. The lowest BCUT2D eigenvalue weighted by molar-refractivity contribution is -0.139. The van der Waals surface area contributed by atoms with E-state index in [2.05, 4.69) is 27.8 Å². The standard InChI is InChI=1S/C29H36N4O3/c1-19(30-2)28(34)32-26(20-9-4-3-5-10-20)29(35)33-16-8-14-24(33)23-13-7-15-31-27(23)25-17-21-11-6-12-22(21)18-36-25/h6-7,11-13,15,17-20,24,26,30H,3-5,8-10,14,16H2,1-2H3,(H,32,34)/t19-,24-,26-/m0/s1. The molecule has 2 fully saturated rings. The smallest absolute Gasteiger partial charge is 0.245 e. The summed E-state index contributed by atoms with van der Waals surface area (Å²) in [4.78, 5) is 33.6. The third-order valence-electron chi connectivity index (χ3n) is 7.96. The molecule has 2 N–H and O–H groups in total. The van der Waals surface area contributed by atoms with Crippen LogP contribution in [0.25, 0.3) is 22.6 Å². The van der Waals surface area contributed by atoms with Crippen LogP contribution in [0.4, 0.5) is 0 Å².